The zero-order valence-electron chi connectivity index (χ0n) is 19.4. The van der Waals surface area contributed by atoms with E-state index in [-0.39, 0.29) is 11.9 Å². The highest BCUT2D eigenvalue weighted by atomic mass is 16.5. The first-order chi connectivity index (χ1) is 16.3. The summed E-state index contributed by atoms with van der Waals surface area (Å²) in [7, 11) is 0. The number of ether oxygens (including phenoxy) is 1. The fraction of sp³-hybridized carbons (Fsp3) is 0.308. The van der Waals surface area contributed by atoms with Gasteiger partial charge in [0.2, 0.25) is 0 Å². The molecule has 0 bridgehead atoms. The van der Waals surface area contributed by atoms with E-state index in [1.807, 2.05) is 48.2 Å². The fourth-order valence-corrected chi connectivity index (χ4v) is 4.09. The SMILES string of the molecule is C[C@@H]1COCCN1C(=O)c1ccc(-c2cc3ncnc(-c4ccnc(C(C)(C)O)c4)c3o2)cc1. The van der Waals surface area contributed by atoms with Gasteiger partial charge in [-0.05, 0) is 45.0 Å². The number of carbonyl (C=O) groups excluding carboxylic acids is 1. The predicted molar refractivity (Wildman–Crippen MR) is 127 cm³/mol. The summed E-state index contributed by atoms with van der Waals surface area (Å²) in [6.07, 6.45) is 3.14. The van der Waals surface area contributed by atoms with E-state index < -0.39 is 5.60 Å². The second-order valence-electron chi connectivity index (χ2n) is 9.04. The number of nitrogens with zero attached hydrogens (tertiary/aromatic N) is 4. The Kier molecular flexibility index (Phi) is 5.63. The third-order valence-electron chi connectivity index (χ3n) is 6.02. The van der Waals surface area contributed by atoms with Crippen LogP contribution in [-0.2, 0) is 10.3 Å². The predicted octanol–water partition coefficient (Wildman–Crippen LogP) is 4.04. The molecule has 4 aromatic rings. The average Bonchev–Trinajstić information content (AvgIpc) is 3.28. The number of carbonyl (C=O) groups is 1. The Morgan fingerprint density at radius 2 is 1.88 bits per heavy atom. The highest BCUT2D eigenvalue weighted by molar-refractivity contribution is 5.95. The first-order valence-electron chi connectivity index (χ1n) is 11.2. The lowest BCUT2D eigenvalue weighted by molar-refractivity contribution is 0.00359. The normalized spacial score (nSPS) is 16.7. The van der Waals surface area contributed by atoms with Crippen molar-refractivity contribution in [2.75, 3.05) is 19.8 Å². The first kappa shape index (κ1) is 22.2. The molecule has 34 heavy (non-hydrogen) atoms. The lowest BCUT2D eigenvalue weighted by Gasteiger charge is -2.33. The van der Waals surface area contributed by atoms with Gasteiger partial charge in [0, 0.05) is 35.5 Å². The van der Waals surface area contributed by atoms with Crippen LogP contribution in [0.2, 0.25) is 0 Å². The lowest BCUT2D eigenvalue weighted by atomic mass is 10.0. The van der Waals surface area contributed by atoms with Crippen molar-refractivity contribution < 1.29 is 19.1 Å². The number of rotatable bonds is 4. The summed E-state index contributed by atoms with van der Waals surface area (Å²) in [6, 6.07) is 12.9. The van der Waals surface area contributed by atoms with Crippen LogP contribution in [0.5, 0.6) is 0 Å². The molecular formula is C26H26N4O4. The van der Waals surface area contributed by atoms with Gasteiger partial charge in [0.25, 0.3) is 5.91 Å². The van der Waals surface area contributed by atoms with E-state index in [0.29, 0.717) is 53.6 Å². The number of hydrogen-bond donors (Lipinski definition) is 1. The second-order valence-corrected chi connectivity index (χ2v) is 9.04. The van der Waals surface area contributed by atoms with E-state index in [0.717, 1.165) is 11.1 Å². The molecule has 0 saturated carbocycles. The third-order valence-corrected chi connectivity index (χ3v) is 6.02. The molecule has 0 spiro atoms. The van der Waals surface area contributed by atoms with Crippen LogP contribution in [0.25, 0.3) is 33.7 Å². The van der Waals surface area contributed by atoms with Crippen molar-refractivity contribution in [3.05, 3.63) is 66.2 Å². The Morgan fingerprint density at radius 3 is 2.62 bits per heavy atom. The zero-order valence-corrected chi connectivity index (χ0v) is 19.4. The van der Waals surface area contributed by atoms with Crippen molar-refractivity contribution in [1.29, 1.82) is 0 Å². The van der Waals surface area contributed by atoms with Gasteiger partial charge in [-0.3, -0.25) is 9.78 Å². The molecule has 174 valence electrons. The summed E-state index contributed by atoms with van der Waals surface area (Å²) >= 11 is 0. The maximum absolute atomic E-state index is 12.9. The van der Waals surface area contributed by atoms with Crippen LogP contribution in [0, 0.1) is 0 Å². The smallest absolute Gasteiger partial charge is 0.254 e. The highest BCUT2D eigenvalue weighted by Crippen LogP contribution is 2.33. The molecule has 1 aromatic carbocycles. The van der Waals surface area contributed by atoms with Gasteiger partial charge in [0.1, 0.15) is 28.9 Å². The number of amides is 1. The molecule has 1 saturated heterocycles. The van der Waals surface area contributed by atoms with Crippen LogP contribution < -0.4 is 0 Å². The summed E-state index contributed by atoms with van der Waals surface area (Å²) in [4.78, 5) is 27.8. The molecule has 1 amide bonds. The van der Waals surface area contributed by atoms with Gasteiger partial charge >= 0.3 is 0 Å². The van der Waals surface area contributed by atoms with Crippen molar-refractivity contribution in [2.45, 2.75) is 32.4 Å². The van der Waals surface area contributed by atoms with E-state index in [1.54, 1.807) is 26.1 Å². The van der Waals surface area contributed by atoms with Crippen molar-refractivity contribution in [2.24, 2.45) is 0 Å². The molecule has 1 atom stereocenters. The number of aromatic nitrogens is 3. The number of benzene rings is 1. The summed E-state index contributed by atoms with van der Waals surface area (Å²) in [5.74, 6) is 0.632. The van der Waals surface area contributed by atoms with Crippen LogP contribution in [0.4, 0.5) is 0 Å². The molecule has 1 aliphatic heterocycles. The maximum atomic E-state index is 12.9. The molecule has 4 heterocycles. The Bertz CT molecular complexity index is 1340. The van der Waals surface area contributed by atoms with E-state index >= 15 is 0 Å². The minimum Gasteiger partial charge on any atom is -0.452 e. The molecule has 1 aliphatic rings. The largest absolute Gasteiger partial charge is 0.452 e. The highest BCUT2D eigenvalue weighted by Gasteiger charge is 2.25. The minimum atomic E-state index is -1.07. The van der Waals surface area contributed by atoms with Gasteiger partial charge < -0.3 is 19.2 Å². The van der Waals surface area contributed by atoms with Crippen molar-refractivity contribution in [3.63, 3.8) is 0 Å². The maximum Gasteiger partial charge on any atom is 0.254 e. The molecular weight excluding hydrogens is 432 g/mol. The molecule has 0 radical (unpaired) electrons. The van der Waals surface area contributed by atoms with Crippen molar-refractivity contribution >= 4 is 17.0 Å². The summed E-state index contributed by atoms with van der Waals surface area (Å²) in [5.41, 5.74) is 3.55. The molecule has 1 fully saturated rings. The zero-order chi connectivity index (χ0) is 23.9. The van der Waals surface area contributed by atoms with Gasteiger partial charge in [-0.25, -0.2) is 9.97 Å². The quantitative estimate of drug-likeness (QED) is 0.492. The number of morpholine rings is 1. The topological polar surface area (TPSA) is 102 Å². The van der Waals surface area contributed by atoms with Gasteiger partial charge in [0.15, 0.2) is 5.58 Å². The number of hydrogen-bond acceptors (Lipinski definition) is 7. The first-order valence-corrected chi connectivity index (χ1v) is 11.2. The Morgan fingerprint density at radius 1 is 1.09 bits per heavy atom. The van der Waals surface area contributed by atoms with E-state index in [9.17, 15) is 9.90 Å². The Hall–Kier alpha value is -3.62. The molecule has 1 N–H and O–H groups in total. The van der Waals surface area contributed by atoms with Gasteiger partial charge in [-0.15, -0.1) is 0 Å². The van der Waals surface area contributed by atoms with E-state index in [1.165, 1.54) is 6.33 Å². The molecule has 0 unspecified atom stereocenters. The lowest BCUT2D eigenvalue weighted by Crippen LogP contribution is -2.47. The van der Waals surface area contributed by atoms with Gasteiger partial charge in [-0.1, -0.05) is 12.1 Å². The Labute approximate surface area is 197 Å². The number of pyridine rings is 1. The molecule has 0 aliphatic carbocycles. The molecule has 5 rings (SSSR count). The molecule has 8 nitrogen and oxygen atoms in total. The number of aliphatic hydroxyl groups is 1. The number of furan rings is 1. The number of fused-ring (bicyclic) bond motifs is 1. The summed E-state index contributed by atoms with van der Waals surface area (Å²) in [5, 5.41) is 10.3. The van der Waals surface area contributed by atoms with E-state index in [2.05, 4.69) is 15.0 Å². The minimum absolute atomic E-state index is 0.000377. The molecule has 3 aromatic heterocycles. The standard InChI is InChI=1S/C26H26N4O4/c1-16-14-33-11-10-30(16)25(31)18-6-4-17(5-7-18)21-13-20-24(34-21)23(29-15-28-20)19-8-9-27-22(12-19)26(2,3)32/h4-9,12-13,15-16,32H,10-11,14H2,1-3H3/t16-/m1/s1. The second kappa shape index (κ2) is 8.62. The van der Waals surface area contributed by atoms with Gasteiger partial charge in [0.05, 0.1) is 24.9 Å². The van der Waals surface area contributed by atoms with E-state index in [4.69, 9.17) is 9.15 Å². The van der Waals surface area contributed by atoms with Crippen LogP contribution in [0.15, 0.2) is 59.4 Å². The fourth-order valence-electron chi connectivity index (χ4n) is 4.09. The van der Waals surface area contributed by atoms with Crippen molar-refractivity contribution in [3.8, 4) is 22.6 Å². The molecule has 8 heteroatoms. The van der Waals surface area contributed by atoms with Gasteiger partial charge in [-0.2, -0.15) is 0 Å². The monoisotopic (exact) mass is 458 g/mol. The van der Waals surface area contributed by atoms with Crippen LogP contribution >= 0.6 is 0 Å². The van der Waals surface area contributed by atoms with Crippen LogP contribution in [0.3, 0.4) is 0 Å². The van der Waals surface area contributed by atoms with Crippen LogP contribution in [0.1, 0.15) is 36.8 Å². The van der Waals surface area contributed by atoms with Crippen molar-refractivity contribution in [1.82, 2.24) is 19.9 Å². The third kappa shape index (κ3) is 4.18. The summed E-state index contributed by atoms with van der Waals surface area (Å²) in [6.45, 7) is 7.08. The summed E-state index contributed by atoms with van der Waals surface area (Å²) < 4.78 is 11.6. The average molecular weight is 459 g/mol. The Balaban J connectivity index is 1.46. The van der Waals surface area contributed by atoms with Crippen LogP contribution in [-0.4, -0.2) is 56.7 Å².